The van der Waals surface area contributed by atoms with Crippen LogP contribution in [0.4, 0.5) is 0 Å². The van der Waals surface area contributed by atoms with Crippen molar-refractivity contribution in [2.75, 3.05) is 0 Å². The second-order valence-electron chi connectivity index (χ2n) is 5.88. The number of carbonyl (C=O) groups excluding carboxylic acids is 1. The Morgan fingerprint density at radius 3 is 2.58 bits per heavy atom. The largest absolute Gasteiger partial charge is 0.481 e. The van der Waals surface area contributed by atoms with Gasteiger partial charge in [0.15, 0.2) is 0 Å². The minimum absolute atomic E-state index is 0.0386. The third kappa shape index (κ3) is 4.65. The molecule has 1 N–H and O–H groups in total. The first-order chi connectivity index (χ1) is 12.5. The third-order valence-corrected chi connectivity index (χ3v) is 5.37. The molecule has 0 saturated heterocycles. The molecule has 1 aromatic heterocycles. The highest BCUT2D eigenvalue weighted by Crippen LogP contribution is 2.27. The van der Waals surface area contributed by atoms with E-state index in [9.17, 15) is 14.7 Å². The highest BCUT2D eigenvalue weighted by atomic mass is 79.9. The summed E-state index contributed by atoms with van der Waals surface area (Å²) in [6.45, 7) is 0. The topological polar surface area (TPSA) is 67.3 Å². The molecule has 1 unspecified atom stereocenters. The molecule has 0 aliphatic rings. The number of nitrogens with zero attached hydrogens (tertiary/aromatic N) is 1. The summed E-state index contributed by atoms with van der Waals surface area (Å²) in [7, 11) is 0. The van der Waals surface area contributed by atoms with Crippen LogP contribution in [0.3, 0.4) is 0 Å². The molecule has 2 aromatic carbocycles. The Morgan fingerprint density at radius 2 is 1.88 bits per heavy atom. The minimum Gasteiger partial charge on any atom is -0.481 e. The molecular weight excluding hydrogens is 414 g/mol. The molecule has 6 heteroatoms. The van der Waals surface area contributed by atoms with Crippen LogP contribution in [0.25, 0.3) is 10.6 Å². The fourth-order valence-corrected chi connectivity index (χ4v) is 3.89. The zero-order valence-electron chi connectivity index (χ0n) is 13.8. The lowest BCUT2D eigenvalue weighted by Gasteiger charge is -2.11. The Kier molecular flexibility index (Phi) is 5.96. The lowest BCUT2D eigenvalue weighted by atomic mass is 9.93. The lowest BCUT2D eigenvalue weighted by molar-refractivity contribution is -0.140. The summed E-state index contributed by atoms with van der Waals surface area (Å²) in [5.41, 5.74) is 2.30. The van der Waals surface area contributed by atoms with Crippen molar-refractivity contribution in [2.45, 2.75) is 18.8 Å². The number of hydrogen-bond acceptors (Lipinski definition) is 4. The first-order valence-corrected chi connectivity index (χ1v) is 9.70. The molecule has 0 saturated carbocycles. The molecule has 4 nitrogen and oxygen atoms in total. The number of carboxylic acid groups (broad SMARTS) is 1. The van der Waals surface area contributed by atoms with Crippen LogP contribution in [-0.4, -0.2) is 21.8 Å². The Labute approximate surface area is 163 Å². The summed E-state index contributed by atoms with van der Waals surface area (Å²) in [5.74, 6) is -1.95. The van der Waals surface area contributed by atoms with Crippen molar-refractivity contribution in [3.05, 3.63) is 75.7 Å². The van der Waals surface area contributed by atoms with Gasteiger partial charge in [0.2, 0.25) is 0 Å². The van der Waals surface area contributed by atoms with Crippen LogP contribution in [0.5, 0.6) is 0 Å². The van der Waals surface area contributed by atoms with E-state index in [1.54, 1.807) is 24.3 Å². The number of aromatic nitrogens is 1. The fourth-order valence-electron chi connectivity index (χ4n) is 2.68. The zero-order chi connectivity index (χ0) is 18.5. The quantitative estimate of drug-likeness (QED) is 0.577. The minimum atomic E-state index is -0.988. The highest BCUT2D eigenvalue weighted by molar-refractivity contribution is 9.10. The van der Waals surface area contributed by atoms with Crippen LogP contribution in [0.15, 0.2) is 64.5 Å². The van der Waals surface area contributed by atoms with Gasteiger partial charge in [0.05, 0.1) is 11.6 Å². The normalized spacial score (nSPS) is 11.9. The van der Waals surface area contributed by atoms with Gasteiger partial charge in [-0.05, 0) is 17.7 Å². The van der Waals surface area contributed by atoms with Crippen molar-refractivity contribution in [1.82, 2.24) is 4.98 Å². The summed E-state index contributed by atoms with van der Waals surface area (Å²) in [5, 5.41) is 12.1. The highest BCUT2D eigenvalue weighted by Gasteiger charge is 2.23. The Hall–Kier alpha value is -2.31. The van der Waals surface area contributed by atoms with Gasteiger partial charge in [0.25, 0.3) is 0 Å². The van der Waals surface area contributed by atoms with E-state index in [2.05, 4.69) is 20.9 Å². The van der Waals surface area contributed by atoms with E-state index in [0.29, 0.717) is 11.3 Å². The molecule has 26 heavy (non-hydrogen) atoms. The van der Waals surface area contributed by atoms with Crippen LogP contribution in [0, 0.1) is 0 Å². The monoisotopic (exact) mass is 429 g/mol. The maximum absolute atomic E-state index is 12.4. The van der Waals surface area contributed by atoms with E-state index >= 15 is 0 Å². The number of hydrogen-bond donors (Lipinski definition) is 1. The van der Waals surface area contributed by atoms with Gasteiger partial charge >= 0.3 is 5.97 Å². The predicted octanol–water partition coefficient (Wildman–Crippen LogP) is 4.94. The van der Waals surface area contributed by atoms with Crippen molar-refractivity contribution >= 4 is 39.0 Å². The molecule has 1 atom stereocenters. The molecule has 3 rings (SSSR count). The van der Waals surface area contributed by atoms with Gasteiger partial charge in [-0.3, -0.25) is 9.59 Å². The predicted molar refractivity (Wildman–Crippen MR) is 105 cm³/mol. The molecule has 0 radical (unpaired) electrons. The second kappa shape index (κ2) is 8.38. The fraction of sp³-hybridized carbons (Fsp3) is 0.150. The number of Topliss-reactive ketones (excluding diaryl/α,β-unsaturated/α-hetero) is 1. The van der Waals surface area contributed by atoms with E-state index in [0.717, 1.165) is 15.0 Å². The molecule has 0 amide bonds. The van der Waals surface area contributed by atoms with Gasteiger partial charge in [-0.15, -0.1) is 11.3 Å². The maximum atomic E-state index is 12.4. The maximum Gasteiger partial charge on any atom is 0.311 e. The zero-order valence-corrected chi connectivity index (χ0v) is 16.2. The molecule has 3 aromatic rings. The van der Waals surface area contributed by atoms with E-state index in [1.807, 2.05) is 35.7 Å². The number of ketones is 1. The average molecular weight is 430 g/mol. The van der Waals surface area contributed by atoms with Crippen LogP contribution in [-0.2, 0) is 16.0 Å². The third-order valence-electron chi connectivity index (χ3n) is 3.93. The molecule has 132 valence electrons. The number of aliphatic carboxylic acids is 1. The van der Waals surface area contributed by atoms with Crippen LogP contribution < -0.4 is 0 Å². The van der Waals surface area contributed by atoms with Crippen molar-refractivity contribution in [2.24, 2.45) is 0 Å². The van der Waals surface area contributed by atoms with E-state index in [-0.39, 0.29) is 18.6 Å². The number of carbonyl (C=O) groups is 2. The van der Waals surface area contributed by atoms with E-state index in [1.165, 1.54) is 11.3 Å². The SMILES string of the molecule is O=C(Cc1csc(-c2cccc(Br)c2)n1)CC(C(=O)O)c1ccccc1. The molecule has 0 spiro atoms. The number of carboxylic acids is 1. The first-order valence-electron chi connectivity index (χ1n) is 8.02. The molecule has 0 fully saturated rings. The summed E-state index contributed by atoms with van der Waals surface area (Å²) < 4.78 is 0.968. The molecule has 1 heterocycles. The van der Waals surface area contributed by atoms with Crippen LogP contribution >= 0.6 is 27.3 Å². The smallest absolute Gasteiger partial charge is 0.311 e. The van der Waals surface area contributed by atoms with Crippen molar-refractivity contribution in [3.63, 3.8) is 0 Å². The number of halogens is 1. The van der Waals surface area contributed by atoms with Crippen molar-refractivity contribution < 1.29 is 14.7 Å². The average Bonchev–Trinajstić information content (AvgIpc) is 3.08. The molecule has 0 aliphatic heterocycles. The van der Waals surface area contributed by atoms with Gasteiger partial charge in [-0.2, -0.15) is 0 Å². The number of rotatable bonds is 7. The summed E-state index contributed by atoms with van der Waals surface area (Å²) in [6.07, 6.45) is 0.101. The molecule has 0 aliphatic carbocycles. The van der Waals surface area contributed by atoms with Crippen molar-refractivity contribution in [3.8, 4) is 10.6 Å². The van der Waals surface area contributed by atoms with Crippen molar-refractivity contribution in [1.29, 1.82) is 0 Å². The van der Waals surface area contributed by atoms with E-state index in [4.69, 9.17) is 0 Å². The summed E-state index contributed by atoms with van der Waals surface area (Å²) in [4.78, 5) is 28.4. The van der Waals surface area contributed by atoms with Gasteiger partial charge < -0.3 is 5.11 Å². The van der Waals surface area contributed by atoms with Crippen LogP contribution in [0.2, 0.25) is 0 Å². The number of benzene rings is 2. The van der Waals surface area contributed by atoms with Crippen LogP contribution in [0.1, 0.15) is 23.6 Å². The molecule has 0 bridgehead atoms. The summed E-state index contributed by atoms with van der Waals surface area (Å²) in [6, 6.07) is 16.7. The summed E-state index contributed by atoms with van der Waals surface area (Å²) >= 11 is 4.91. The lowest BCUT2D eigenvalue weighted by Crippen LogP contribution is -2.17. The van der Waals surface area contributed by atoms with Gasteiger partial charge in [0.1, 0.15) is 10.8 Å². The molecular formula is C20H16BrNO3S. The number of thiazole rings is 1. The van der Waals surface area contributed by atoms with Gasteiger partial charge in [-0.1, -0.05) is 58.4 Å². The Morgan fingerprint density at radius 1 is 1.12 bits per heavy atom. The van der Waals surface area contributed by atoms with Gasteiger partial charge in [0, 0.05) is 28.3 Å². The van der Waals surface area contributed by atoms with Gasteiger partial charge in [-0.25, -0.2) is 4.98 Å². The standard InChI is InChI=1S/C20H16BrNO3S/c21-15-8-4-7-14(9-15)19-22-16(12-26-19)10-17(23)11-18(20(24)25)13-5-2-1-3-6-13/h1-9,12,18H,10-11H2,(H,24,25). The Balaban J connectivity index is 1.69. The second-order valence-corrected chi connectivity index (χ2v) is 7.65. The first kappa shape index (κ1) is 18.5. The Bertz CT molecular complexity index is 924. The van der Waals surface area contributed by atoms with E-state index < -0.39 is 11.9 Å².